The van der Waals surface area contributed by atoms with Crippen molar-refractivity contribution in [1.82, 2.24) is 0 Å². The number of hydrogen-bond acceptors (Lipinski definition) is 2. The van der Waals surface area contributed by atoms with Crippen LogP contribution in [0.1, 0.15) is 47.0 Å². The second kappa shape index (κ2) is 5.31. The van der Waals surface area contributed by atoms with Crippen LogP contribution in [-0.4, -0.2) is 24.4 Å². The van der Waals surface area contributed by atoms with E-state index in [-0.39, 0.29) is 6.61 Å². The van der Waals surface area contributed by atoms with Gasteiger partial charge in [0.25, 0.3) is 0 Å². The first-order valence-corrected chi connectivity index (χ1v) is 6.19. The van der Waals surface area contributed by atoms with Crippen molar-refractivity contribution < 1.29 is 9.84 Å². The average molecular weight is 214 g/mol. The highest BCUT2D eigenvalue weighted by molar-refractivity contribution is 4.87. The smallest absolute Gasteiger partial charge is 0.0701 e. The van der Waals surface area contributed by atoms with Gasteiger partial charge in [0.1, 0.15) is 0 Å². The van der Waals surface area contributed by atoms with Crippen LogP contribution in [0.5, 0.6) is 0 Å². The zero-order valence-corrected chi connectivity index (χ0v) is 10.6. The Bertz CT molecular complexity index is 187. The van der Waals surface area contributed by atoms with Crippen LogP contribution in [0.25, 0.3) is 0 Å². The highest BCUT2D eigenvalue weighted by Gasteiger charge is 2.36. The molecular weight excluding hydrogens is 188 g/mol. The van der Waals surface area contributed by atoms with E-state index in [9.17, 15) is 0 Å². The van der Waals surface area contributed by atoms with Gasteiger partial charge in [0, 0.05) is 0 Å². The van der Waals surface area contributed by atoms with Crippen LogP contribution in [0.2, 0.25) is 0 Å². The van der Waals surface area contributed by atoms with Gasteiger partial charge in [-0.1, -0.05) is 27.7 Å². The molecule has 2 unspecified atom stereocenters. The standard InChI is InChI=1S/C13H26O2/c1-10(2)11-5-6-13(3,4)9-12(11)15-8-7-14/h10-12,14H,5-9H2,1-4H3. The van der Waals surface area contributed by atoms with Gasteiger partial charge < -0.3 is 9.84 Å². The second-order valence-electron chi connectivity index (χ2n) is 5.95. The zero-order valence-electron chi connectivity index (χ0n) is 10.6. The van der Waals surface area contributed by atoms with Crippen LogP contribution in [0.4, 0.5) is 0 Å². The predicted octanol–water partition coefficient (Wildman–Crippen LogP) is 2.85. The lowest BCUT2D eigenvalue weighted by atomic mass is 9.68. The summed E-state index contributed by atoms with van der Waals surface area (Å²) in [5.74, 6) is 1.36. The summed E-state index contributed by atoms with van der Waals surface area (Å²) in [5.41, 5.74) is 0.408. The van der Waals surface area contributed by atoms with Gasteiger partial charge in [-0.2, -0.15) is 0 Å². The number of hydrogen-bond donors (Lipinski definition) is 1. The molecule has 0 bridgehead atoms. The van der Waals surface area contributed by atoms with Crippen LogP contribution in [0, 0.1) is 17.3 Å². The second-order valence-corrected chi connectivity index (χ2v) is 5.95. The molecule has 1 N–H and O–H groups in total. The van der Waals surface area contributed by atoms with Crippen molar-refractivity contribution in [3.05, 3.63) is 0 Å². The molecule has 1 saturated carbocycles. The van der Waals surface area contributed by atoms with Crippen molar-refractivity contribution in [2.75, 3.05) is 13.2 Å². The highest BCUT2D eigenvalue weighted by atomic mass is 16.5. The molecule has 0 amide bonds. The van der Waals surface area contributed by atoms with Crippen molar-refractivity contribution in [2.24, 2.45) is 17.3 Å². The van der Waals surface area contributed by atoms with Crippen molar-refractivity contribution in [3.63, 3.8) is 0 Å². The molecule has 1 aliphatic carbocycles. The summed E-state index contributed by atoms with van der Waals surface area (Å²) in [5, 5.41) is 8.83. The van der Waals surface area contributed by atoms with E-state index in [1.807, 2.05) is 0 Å². The maximum absolute atomic E-state index is 8.83. The van der Waals surface area contributed by atoms with Crippen LogP contribution in [0.3, 0.4) is 0 Å². The van der Waals surface area contributed by atoms with E-state index in [0.717, 1.165) is 6.42 Å². The summed E-state index contributed by atoms with van der Waals surface area (Å²) in [6.45, 7) is 9.82. The molecule has 0 aromatic rings. The van der Waals surface area contributed by atoms with Crippen molar-refractivity contribution in [3.8, 4) is 0 Å². The first-order valence-electron chi connectivity index (χ1n) is 6.19. The lowest BCUT2D eigenvalue weighted by molar-refractivity contribution is -0.0664. The fraction of sp³-hybridized carbons (Fsp3) is 1.00. The fourth-order valence-electron chi connectivity index (χ4n) is 2.69. The fourth-order valence-corrected chi connectivity index (χ4v) is 2.69. The summed E-state index contributed by atoms with van der Waals surface area (Å²) < 4.78 is 5.79. The Labute approximate surface area is 94.0 Å². The molecular formula is C13H26O2. The highest BCUT2D eigenvalue weighted by Crippen LogP contribution is 2.42. The minimum atomic E-state index is 0.141. The lowest BCUT2D eigenvalue weighted by Gasteiger charge is -2.42. The summed E-state index contributed by atoms with van der Waals surface area (Å²) in [6, 6.07) is 0. The van der Waals surface area contributed by atoms with E-state index in [1.54, 1.807) is 0 Å². The van der Waals surface area contributed by atoms with Crippen molar-refractivity contribution in [1.29, 1.82) is 0 Å². The van der Waals surface area contributed by atoms with Crippen LogP contribution >= 0.6 is 0 Å². The van der Waals surface area contributed by atoms with E-state index in [4.69, 9.17) is 9.84 Å². The monoisotopic (exact) mass is 214 g/mol. The molecule has 2 heteroatoms. The van der Waals surface area contributed by atoms with Gasteiger partial charge in [-0.15, -0.1) is 0 Å². The van der Waals surface area contributed by atoms with Gasteiger partial charge in [0.15, 0.2) is 0 Å². The van der Waals surface area contributed by atoms with E-state index < -0.39 is 0 Å². The van der Waals surface area contributed by atoms with E-state index >= 15 is 0 Å². The molecule has 2 nitrogen and oxygen atoms in total. The van der Waals surface area contributed by atoms with E-state index in [2.05, 4.69) is 27.7 Å². The van der Waals surface area contributed by atoms with Gasteiger partial charge >= 0.3 is 0 Å². The number of rotatable bonds is 4. The topological polar surface area (TPSA) is 29.5 Å². The first kappa shape index (κ1) is 13.0. The summed E-state index contributed by atoms with van der Waals surface area (Å²) in [4.78, 5) is 0. The molecule has 0 aromatic carbocycles. The molecule has 2 atom stereocenters. The minimum absolute atomic E-state index is 0.141. The van der Waals surface area contributed by atoms with Crippen molar-refractivity contribution >= 4 is 0 Å². The Balaban J connectivity index is 2.56. The van der Waals surface area contributed by atoms with E-state index in [1.165, 1.54) is 12.8 Å². The third-order valence-corrected chi connectivity index (χ3v) is 3.67. The van der Waals surface area contributed by atoms with Crippen LogP contribution < -0.4 is 0 Å². The van der Waals surface area contributed by atoms with Gasteiger partial charge in [-0.05, 0) is 36.5 Å². The van der Waals surface area contributed by atoms with Gasteiger partial charge in [-0.3, -0.25) is 0 Å². The average Bonchev–Trinajstić information content (AvgIpc) is 2.12. The summed E-state index contributed by atoms with van der Waals surface area (Å²) in [6.07, 6.45) is 4.05. The molecule has 0 radical (unpaired) electrons. The van der Waals surface area contributed by atoms with E-state index in [0.29, 0.717) is 30.0 Å². The molecule has 1 aliphatic rings. The van der Waals surface area contributed by atoms with Gasteiger partial charge in [0.2, 0.25) is 0 Å². The molecule has 1 rings (SSSR count). The molecule has 1 fully saturated rings. The molecule has 0 heterocycles. The summed E-state index contributed by atoms with van der Waals surface area (Å²) >= 11 is 0. The third-order valence-electron chi connectivity index (χ3n) is 3.67. The molecule has 90 valence electrons. The molecule has 15 heavy (non-hydrogen) atoms. The molecule has 0 saturated heterocycles. The third kappa shape index (κ3) is 3.76. The first-order chi connectivity index (χ1) is 6.96. The zero-order chi connectivity index (χ0) is 11.5. The Morgan fingerprint density at radius 3 is 2.60 bits per heavy atom. The lowest BCUT2D eigenvalue weighted by Crippen LogP contribution is -2.38. The van der Waals surface area contributed by atoms with Crippen LogP contribution in [-0.2, 0) is 4.74 Å². The van der Waals surface area contributed by atoms with Gasteiger partial charge in [0.05, 0.1) is 19.3 Å². The Morgan fingerprint density at radius 1 is 1.40 bits per heavy atom. The number of aliphatic hydroxyl groups is 1. The molecule has 0 aliphatic heterocycles. The Kier molecular flexibility index (Phi) is 4.60. The quantitative estimate of drug-likeness (QED) is 0.779. The van der Waals surface area contributed by atoms with Crippen LogP contribution in [0.15, 0.2) is 0 Å². The minimum Gasteiger partial charge on any atom is -0.394 e. The molecule has 0 aromatic heterocycles. The Morgan fingerprint density at radius 2 is 2.07 bits per heavy atom. The largest absolute Gasteiger partial charge is 0.394 e. The number of aliphatic hydroxyl groups excluding tert-OH is 1. The van der Waals surface area contributed by atoms with Gasteiger partial charge in [-0.25, -0.2) is 0 Å². The Hall–Kier alpha value is -0.0800. The normalized spacial score (nSPS) is 30.8. The number of ether oxygens (including phenoxy) is 1. The maximum Gasteiger partial charge on any atom is 0.0701 e. The SMILES string of the molecule is CC(C)C1CCC(C)(C)CC1OCCO. The predicted molar refractivity (Wildman–Crippen MR) is 62.8 cm³/mol. The molecule has 0 spiro atoms. The van der Waals surface area contributed by atoms with Crippen molar-refractivity contribution in [2.45, 2.75) is 53.1 Å². The summed E-state index contributed by atoms with van der Waals surface area (Å²) in [7, 11) is 0. The maximum atomic E-state index is 8.83.